The van der Waals surface area contributed by atoms with Crippen LogP contribution in [0.3, 0.4) is 0 Å². The average Bonchev–Trinajstić information content (AvgIpc) is 2.36. The van der Waals surface area contributed by atoms with Crippen LogP contribution in [0.1, 0.15) is 25.7 Å². The van der Waals surface area contributed by atoms with Gasteiger partial charge in [-0.3, -0.25) is 9.59 Å². The Morgan fingerprint density at radius 2 is 1.84 bits per heavy atom. The molecule has 0 radical (unpaired) electrons. The van der Waals surface area contributed by atoms with E-state index in [4.69, 9.17) is 5.11 Å². The number of nitrogens with one attached hydrogen (secondary N) is 1. The highest BCUT2D eigenvalue weighted by atomic mass is 32.2. The second-order valence-corrected chi connectivity index (χ2v) is 6.55. The third kappa shape index (κ3) is 5.56. The molecule has 0 amide bonds. The van der Waals surface area contributed by atoms with E-state index in [2.05, 4.69) is 9.46 Å². The number of carboxylic acid groups (broad SMARTS) is 1. The SMILES string of the molecule is COC(=O)CS(=O)(=O)NCC1CCC(C(=O)O)CC1. The zero-order valence-electron chi connectivity index (χ0n) is 10.8. The number of methoxy groups -OCH3 is 1. The minimum absolute atomic E-state index is 0.128. The molecule has 0 spiro atoms. The van der Waals surface area contributed by atoms with Gasteiger partial charge in [-0.25, -0.2) is 13.1 Å². The predicted molar refractivity (Wildman–Crippen MR) is 66.9 cm³/mol. The van der Waals surface area contributed by atoms with E-state index in [1.807, 2.05) is 0 Å². The largest absolute Gasteiger partial charge is 0.481 e. The van der Waals surface area contributed by atoms with Crippen LogP contribution >= 0.6 is 0 Å². The maximum atomic E-state index is 11.5. The molecule has 8 heteroatoms. The van der Waals surface area contributed by atoms with Crippen molar-refractivity contribution in [3.63, 3.8) is 0 Å². The lowest BCUT2D eigenvalue weighted by atomic mass is 9.82. The Bertz CT molecular complexity index is 424. The molecule has 0 aromatic heterocycles. The highest BCUT2D eigenvalue weighted by Gasteiger charge is 2.27. The monoisotopic (exact) mass is 293 g/mol. The second-order valence-electron chi connectivity index (χ2n) is 4.74. The van der Waals surface area contributed by atoms with E-state index in [9.17, 15) is 18.0 Å². The number of carbonyl (C=O) groups is 2. The Labute approximate surface area is 112 Å². The molecule has 2 N–H and O–H groups in total. The van der Waals surface area contributed by atoms with E-state index in [-0.39, 0.29) is 18.4 Å². The molecule has 1 rings (SSSR count). The van der Waals surface area contributed by atoms with Crippen molar-refractivity contribution in [3.05, 3.63) is 0 Å². The van der Waals surface area contributed by atoms with Crippen LogP contribution in [0.2, 0.25) is 0 Å². The molecule has 0 aromatic rings. The van der Waals surface area contributed by atoms with Crippen LogP contribution < -0.4 is 4.72 Å². The summed E-state index contributed by atoms with van der Waals surface area (Å²) in [5.74, 6) is -2.47. The fourth-order valence-electron chi connectivity index (χ4n) is 2.12. The maximum Gasteiger partial charge on any atom is 0.322 e. The molecule has 0 bridgehead atoms. The van der Waals surface area contributed by atoms with Gasteiger partial charge in [-0.05, 0) is 31.6 Å². The number of hydrogen-bond donors (Lipinski definition) is 2. The summed E-state index contributed by atoms with van der Waals surface area (Å²) < 4.78 is 29.7. The predicted octanol–water partition coefficient (Wildman–Crippen LogP) is -0.0302. The third-order valence-corrected chi connectivity index (χ3v) is 4.55. The van der Waals surface area contributed by atoms with Gasteiger partial charge in [0.1, 0.15) is 0 Å². The lowest BCUT2D eigenvalue weighted by Crippen LogP contribution is -2.35. The van der Waals surface area contributed by atoms with Gasteiger partial charge in [-0.15, -0.1) is 0 Å². The smallest absolute Gasteiger partial charge is 0.322 e. The molecule has 0 heterocycles. The van der Waals surface area contributed by atoms with Crippen LogP contribution in [0.4, 0.5) is 0 Å². The lowest BCUT2D eigenvalue weighted by molar-refractivity contribution is -0.143. The number of hydrogen-bond acceptors (Lipinski definition) is 5. The highest BCUT2D eigenvalue weighted by molar-refractivity contribution is 7.90. The van der Waals surface area contributed by atoms with E-state index < -0.39 is 27.7 Å². The Balaban J connectivity index is 2.34. The summed E-state index contributed by atoms with van der Waals surface area (Å²) in [5, 5.41) is 8.85. The quantitative estimate of drug-likeness (QED) is 0.665. The van der Waals surface area contributed by atoms with Gasteiger partial charge in [-0.1, -0.05) is 0 Å². The number of esters is 1. The van der Waals surface area contributed by atoms with E-state index in [0.29, 0.717) is 25.7 Å². The molecule has 1 aliphatic rings. The van der Waals surface area contributed by atoms with Crippen molar-refractivity contribution in [1.82, 2.24) is 4.72 Å². The van der Waals surface area contributed by atoms with Gasteiger partial charge in [-0.2, -0.15) is 0 Å². The number of aliphatic carboxylic acids is 1. The molecule has 1 aliphatic carbocycles. The van der Waals surface area contributed by atoms with E-state index in [1.165, 1.54) is 0 Å². The van der Waals surface area contributed by atoms with Crippen LogP contribution in [-0.2, 0) is 24.3 Å². The minimum atomic E-state index is -3.66. The Kier molecular flexibility index (Phi) is 5.74. The van der Waals surface area contributed by atoms with Gasteiger partial charge < -0.3 is 9.84 Å². The standard InChI is InChI=1S/C11H19NO6S/c1-18-10(13)7-19(16,17)12-6-8-2-4-9(5-3-8)11(14)15/h8-9,12H,2-7H2,1H3,(H,14,15). The van der Waals surface area contributed by atoms with Crippen LogP contribution in [0.25, 0.3) is 0 Å². The van der Waals surface area contributed by atoms with Crippen molar-refractivity contribution in [2.75, 3.05) is 19.4 Å². The first-order valence-corrected chi connectivity index (χ1v) is 7.76. The first-order chi connectivity index (χ1) is 8.84. The highest BCUT2D eigenvalue weighted by Crippen LogP contribution is 2.28. The van der Waals surface area contributed by atoms with E-state index in [0.717, 1.165) is 7.11 Å². The molecule has 19 heavy (non-hydrogen) atoms. The van der Waals surface area contributed by atoms with Crippen molar-refractivity contribution in [1.29, 1.82) is 0 Å². The molecule has 0 unspecified atom stereocenters. The molecule has 0 atom stereocenters. The molecular formula is C11H19NO6S. The molecule has 110 valence electrons. The summed E-state index contributed by atoms with van der Waals surface area (Å²) in [4.78, 5) is 21.7. The van der Waals surface area contributed by atoms with Gasteiger partial charge in [0.25, 0.3) is 0 Å². The summed E-state index contributed by atoms with van der Waals surface area (Å²) in [6, 6.07) is 0. The van der Waals surface area contributed by atoms with Crippen LogP contribution in [-0.4, -0.2) is 44.9 Å². The number of carboxylic acids is 1. The molecule has 0 saturated heterocycles. The Hall–Kier alpha value is -1.15. The summed E-state index contributed by atoms with van der Waals surface area (Å²) in [6.45, 7) is 0.242. The zero-order chi connectivity index (χ0) is 14.5. The average molecular weight is 293 g/mol. The number of carbonyl (C=O) groups excluding carboxylic acids is 1. The van der Waals surface area contributed by atoms with Gasteiger partial charge in [0.15, 0.2) is 5.75 Å². The van der Waals surface area contributed by atoms with Crippen LogP contribution in [0.5, 0.6) is 0 Å². The molecule has 1 fully saturated rings. The Morgan fingerprint density at radius 1 is 1.26 bits per heavy atom. The fourth-order valence-corrected chi connectivity index (χ4v) is 3.14. The maximum absolute atomic E-state index is 11.5. The first kappa shape index (κ1) is 15.9. The molecule has 1 saturated carbocycles. The molecular weight excluding hydrogens is 274 g/mol. The van der Waals surface area contributed by atoms with E-state index in [1.54, 1.807) is 0 Å². The van der Waals surface area contributed by atoms with Crippen LogP contribution in [0.15, 0.2) is 0 Å². The van der Waals surface area contributed by atoms with Crippen molar-refractivity contribution in [2.45, 2.75) is 25.7 Å². The van der Waals surface area contributed by atoms with Crippen molar-refractivity contribution in [2.24, 2.45) is 11.8 Å². The van der Waals surface area contributed by atoms with Gasteiger partial charge in [0.2, 0.25) is 10.0 Å². The zero-order valence-corrected chi connectivity index (χ0v) is 11.6. The van der Waals surface area contributed by atoms with Gasteiger partial charge in [0.05, 0.1) is 13.0 Å². The van der Waals surface area contributed by atoms with Crippen molar-refractivity contribution >= 4 is 22.0 Å². The molecule has 0 aromatic carbocycles. The third-order valence-electron chi connectivity index (χ3n) is 3.32. The lowest BCUT2D eigenvalue weighted by Gasteiger charge is -2.26. The number of ether oxygens (including phenoxy) is 1. The van der Waals surface area contributed by atoms with Crippen molar-refractivity contribution < 1.29 is 27.9 Å². The fraction of sp³-hybridized carbons (Fsp3) is 0.818. The van der Waals surface area contributed by atoms with Crippen LogP contribution in [0, 0.1) is 11.8 Å². The molecule has 0 aliphatic heterocycles. The van der Waals surface area contributed by atoms with Gasteiger partial charge >= 0.3 is 11.9 Å². The summed E-state index contributed by atoms with van der Waals surface area (Å²) in [5.41, 5.74) is 0. The van der Waals surface area contributed by atoms with Gasteiger partial charge in [0, 0.05) is 6.54 Å². The summed E-state index contributed by atoms with van der Waals surface area (Å²) in [6.07, 6.45) is 2.49. The van der Waals surface area contributed by atoms with E-state index >= 15 is 0 Å². The minimum Gasteiger partial charge on any atom is -0.481 e. The first-order valence-electron chi connectivity index (χ1n) is 6.11. The van der Waals surface area contributed by atoms with Crippen molar-refractivity contribution in [3.8, 4) is 0 Å². The molecule has 7 nitrogen and oxygen atoms in total. The Morgan fingerprint density at radius 3 is 2.32 bits per heavy atom. The normalized spacial score (nSPS) is 23.8. The number of sulfonamides is 1. The second kappa shape index (κ2) is 6.85. The topological polar surface area (TPSA) is 110 Å². The number of rotatable bonds is 6. The summed E-state index contributed by atoms with van der Waals surface area (Å²) in [7, 11) is -2.53. The summed E-state index contributed by atoms with van der Waals surface area (Å²) >= 11 is 0.